The highest BCUT2D eigenvalue weighted by Crippen LogP contribution is 2.55. The number of para-hydroxylation sites is 1. The van der Waals surface area contributed by atoms with Crippen LogP contribution in [0.25, 0.3) is 0 Å². The second-order valence-electron chi connectivity index (χ2n) is 7.59. The van der Waals surface area contributed by atoms with Gasteiger partial charge in [0, 0.05) is 28.7 Å². The third-order valence-corrected chi connectivity index (χ3v) is 7.70. The lowest BCUT2D eigenvalue weighted by atomic mass is 9.77. The van der Waals surface area contributed by atoms with Crippen molar-refractivity contribution in [3.63, 3.8) is 0 Å². The molecule has 0 fully saturated rings. The summed E-state index contributed by atoms with van der Waals surface area (Å²) in [6.07, 6.45) is 0. The zero-order valence-corrected chi connectivity index (χ0v) is 17.7. The molecule has 0 aliphatic carbocycles. The van der Waals surface area contributed by atoms with Gasteiger partial charge in [-0.3, -0.25) is 0 Å². The summed E-state index contributed by atoms with van der Waals surface area (Å²) < 4.78 is 5.97. The van der Waals surface area contributed by atoms with Gasteiger partial charge >= 0.3 is 0 Å². The summed E-state index contributed by atoms with van der Waals surface area (Å²) in [6.45, 7) is 4.69. The second-order valence-corrected chi connectivity index (χ2v) is 9.44. The molecule has 148 valence electrons. The largest absolute Gasteiger partial charge is 0.504 e. The fourth-order valence-corrected chi connectivity index (χ4v) is 5.94. The third-order valence-electron chi connectivity index (χ3n) is 5.35. The Balaban J connectivity index is 1.55. The highest BCUT2D eigenvalue weighted by Gasteiger charge is 2.51. The van der Waals surface area contributed by atoms with E-state index in [2.05, 4.69) is 25.3 Å². The van der Waals surface area contributed by atoms with Crippen LogP contribution in [0.1, 0.15) is 41.6 Å². The highest BCUT2D eigenvalue weighted by molar-refractivity contribution is 8.13. The first-order chi connectivity index (χ1) is 14.0. The van der Waals surface area contributed by atoms with E-state index in [0.29, 0.717) is 18.3 Å². The number of phenols is 2. The van der Waals surface area contributed by atoms with E-state index in [1.807, 2.05) is 18.2 Å². The van der Waals surface area contributed by atoms with Crippen LogP contribution < -0.4 is 4.74 Å². The number of aliphatic imine (C=N–C) groups is 1. The van der Waals surface area contributed by atoms with E-state index >= 15 is 0 Å². The first-order valence-electron chi connectivity index (χ1n) is 9.44. The molecule has 1 spiro atoms. The molecule has 2 aliphatic heterocycles. The van der Waals surface area contributed by atoms with Gasteiger partial charge in [-0.15, -0.1) is 23.1 Å². The fraction of sp³-hybridized carbons (Fsp3) is 0.273. The standard InChI is InChI=1S/C22H20N2O3S2/c1-12(2)20-23-13(9-28-20)10-29-21-22(14-5-3-4-6-16(14)24-21)11-27-19-8-18(26)17(25)7-15(19)22/h3-9,12,25-26H,10-11H2,1-2H3. The Morgan fingerprint density at radius 1 is 1.17 bits per heavy atom. The predicted molar refractivity (Wildman–Crippen MR) is 117 cm³/mol. The summed E-state index contributed by atoms with van der Waals surface area (Å²) in [5, 5.41) is 24.2. The van der Waals surface area contributed by atoms with Crippen molar-refractivity contribution in [2.45, 2.75) is 30.9 Å². The summed E-state index contributed by atoms with van der Waals surface area (Å²) in [5.41, 5.74) is 3.29. The molecule has 2 N–H and O–H groups in total. The van der Waals surface area contributed by atoms with E-state index in [1.165, 1.54) is 6.07 Å². The van der Waals surface area contributed by atoms with Crippen molar-refractivity contribution in [2.75, 3.05) is 6.61 Å². The lowest BCUT2D eigenvalue weighted by molar-refractivity contribution is 0.325. The predicted octanol–water partition coefficient (Wildman–Crippen LogP) is 5.33. The maximum absolute atomic E-state index is 10.2. The maximum Gasteiger partial charge on any atom is 0.161 e. The SMILES string of the molecule is CC(C)c1nc(CSC2=Nc3ccccc3C23COc2cc(O)c(O)cc23)cs1. The zero-order valence-electron chi connectivity index (χ0n) is 16.0. The third kappa shape index (κ3) is 2.83. The number of aromatic nitrogens is 1. The molecule has 5 nitrogen and oxygen atoms in total. The van der Waals surface area contributed by atoms with Gasteiger partial charge in [-0.2, -0.15) is 0 Å². The number of thiazole rings is 1. The van der Waals surface area contributed by atoms with E-state index in [0.717, 1.165) is 38.3 Å². The van der Waals surface area contributed by atoms with Crippen LogP contribution >= 0.6 is 23.1 Å². The van der Waals surface area contributed by atoms with E-state index in [9.17, 15) is 10.2 Å². The van der Waals surface area contributed by atoms with E-state index in [4.69, 9.17) is 14.7 Å². The Kier molecular flexibility index (Phi) is 4.33. The summed E-state index contributed by atoms with van der Waals surface area (Å²) >= 11 is 3.35. The minimum Gasteiger partial charge on any atom is -0.504 e. The Hall–Kier alpha value is -2.51. The van der Waals surface area contributed by atoms with E-state index in [-0.39, 0.29) is 11.5 Å². The quantitative estimate of drug-likeness (QED) is 0.556. The van der Waals surface area contributed by atoms with Crippen LogP contribution in [-0.2, 0) is 11.2 Å². The van der Waals surface area contributed by atoms with Gasteiger partial charge in [-0.1, -0.05) is 32.0 Å². The number of thioether (sulfide) groups is 1. The van der Waals surface area contributed by atoms with Gasteiger partial charge in [0.2, 0.25) is 0 Å². The van der Waals surface area contributed by atoms with Gasteiger partial charge in [-0.25, -0.2) is 9.98 Å². The number of hydrogen-bond donors (Lipinski definition) is 2. The monoisotopic (exact) mass is 424 g/mol. The normalized spacial score (nSPS) is 19.3. The lowest BCUT2D eigenvalue weighted by Gasteiger charge is -2.25. The van der Waals surface area contributed by atoms with E-state index < -0.39 is 5.41 Å². The topological polar surface area (TPSA) is 74.9 Å². The molecule has 0 bridgehead atoms. The summed E-state index contributed by atoms with van der Waals surface area (Å²) in [4.78, 5) is 9.67. The molecule has 2 aromatic carbocycles. The average Bonchev–Trinajstić information content (AvgIpc) is 3.39. The number of phenolic OH excluding ortho intramolecular Hbond substituents is 2. The second kappa shape index (κ2) is 6.78. The van der Waals surface area contributed by atoms with Crippen molar-refractivity contribution in [1.29, 1.82) is 0 Å². The molecule has 3 heterocycles. The maximum atomic E-state index is 10.2. The summed E-state index contributed by atoms with van der Waals surface area (Å²) in [7, 11) is 0. The Bertz CT molecular complexity index is 1140. The molecule has 7 heteroatoms. The molecule has 3 aromatic rings. The van der Waals surface area contributed by atoms with Crippen LogP contribution in [0.15, 0.2) is 46.8 Å². The molecule has 1 atom stereocenters. The summed E-state index contributed by atoms with van der Waals surface area (Å²) in [6, 6.07) is 11.1. The van der Waals surface area contributed by atoms with Crippen LogP contribution in [0.4, 0.5) is 5.69 Å². The smallest absolute Gasteiger partial charge is 0.161 e. The van der Waals surface area contributed by atoms with Crippen molar-refractivity contribution in [3.8, 4) is 17.2 Å². The number of nitrogens with zero attached hydrogens (tertiary/aromatic N) is 2. The van der Waals surface area contributed by atoms with Crippen LogP contribution in [0, 0.1) is 0 Å². The van der Waals surface area contributed by atoms with Gasteiger partial charge in [0.15, 0.2) is 11.5 Å². The number of rotatable bonds is 3. The number of aromatic hydroxyl groups is 2. The highest BCUT2D eigenvalue weighted by atomic mass is 32.2. The average molecular weight is 425 g/mol. The van der Waals surface area contributed by atoms with Crippen molar-refractivity contribution in [3.05, 3.63) is 63.6 Å². The molecule has 0 saturated heterocycles. The number of fused-ring (bicyclic) bond motifs is 4. The summed E-state index contributed by atoms with van der Waals surface area (Å²) in [5.74, 6) is 1.40. The van der Waals surface area contributed by atoms with Gasteiger partial charge in [0.1, 0.15) is 17.8 Å². The Morgan fingerprint density at radius 2 is 1.97 bits per heavy atom. The Morgan fingerprint density at radius 3 is 2.76 bits per heavy atom. The number of benzene rings is 2. The van der Waals surface area contributed by atoms with Crippen LogP contribution in [0.5, 0.6) is 17.2 Å². The van der Waals surface area contributed by atoms with Crippen molar-refractivity contribution in [2.24, 2.45) is 4.99 Å². The molecule has 29 heavy (non-hydrogen) atoms. The molecule has 5 rings (SSSR count). The molecular weight excluding hydrogens is 404 g/mol. The molecule has 1 aromatic heterocycles. The zero-order chi connectivity index (χ0) is 20.2. The molecular formula is C22H20N2O3S2. The minimum atomic E-state index is -0.571. The van der Waals surface area contributed by atoms with Gasteiger partial charge in [0.25, 0.3) is 0 Å². The lowest BCUT2D eigenvalue weighted by Crippen LogP contribution is -2.34. The number of hydrogen-bond acceptors (Lipinski definition) is 7. The van der Waals surface area contributed by atoms with Crippen molar-refractivity contribution >= 4 is 33.8 Å². The van der Waals surface area contributed by atoms with E-state index in [1.54, 1.807) is 29.2 Å². The molecule has 0 amide bonds. The number of ether oxygens (including phenoxy) is 1. The van der Waals surface area contributed by atoms with Crippen LogP contribution in [0.3, 0.4) is 0 Å². The van der Waals surface area contributed by atoms with Gasteiger partial charge in [-0.05, 0) is 17.7 Å². The molecule has 0 saturated carbocycles. The minimum absolute atomic E-state index is 0.150. The van der Waals surface area contributed by atoms with Crippen molar-refractivity contribution in [1.82, 2.24) is 4.98 Å². The molecule has 1 unspecified atom stereocenters. The Labute approximate surface area is 177 Å². The molecule has 0 radical (unpaired) electrons. The fourth-order valence-electron chi connectivity index (χ4n) is 3.88. The van der Waals surface area contributed by atoms with Gasteiger partial charge < -0.3 is 14.9 Å². The van der Waals surface area contributed by atoms with Crippen LogP contribution in [0.2, 0.25) is 0 Å². The van der Waals surface area contributed by atoms with Crippen molar-refractivity contribution < 1.29 is 14.9 Å². The first-order valence-corrected chi connectivity index (χ1v) is 11.3. The first kappa shape index (κ1) is 18.5. The van der Waals surface area contributed by atoms with Gasteiger partial charge in [0.05, 0.1) is 21.4 Å². The van der Waals surface area contributed by atoms with Crippen LogP contribution in [-0.4, -0.2) is 26.8 Å². The molecule has 2 aliphatic rings.